The average Bonchev–Trinajstić information content (AvgIpc) is 2.52. The first kappa shape index (κ1) is 10.8. The third kappa shape index (κ3) is 1.50. The number of benzene rings is 1. The summed E-state index contributed by atoms with van der Waals surface area (Å²) in [5.74, 6) is -0.763. The minimum atomic E-state index is -2.25. The van der Waals surface area contributed by atoms with Crippen LogP contribution >= 0.6 is 11.6 Å². The molecule has 1 aromatic carbocycles. The van der Waals surface area contributed by atoms with Crippen molar-refractivity contribution in [1.82, 2.24) is 5.43 Å². The highest BCUT2D eigenvalue weighted by Gasteiger charge is 2.49. The standard InChI is InChI=1S/C10H9ClN2O3/c11-10(16)8(6-14)12-13(9(10)15)7-4-2-1-3-5-7/h1-6,12,14,16H/b8-6-. The molecule has 0 aromatic heterocycles. The molecule has 0 radical (unpaired) electrons. The van der Waals surface area contributed by atoms with Gasteiger partial charge in [0, 0.05) is 0 Å². The number of hydrogen-bond acceptors (Lipinski definition) is 4. The molecule has 84 valence electrons. The first-order valence-electron chi connectivity index (χ1n) is 4.50. The summed E-state index contributed by atoms with van der Waals surface area (Å²) < 4.78 is 0. The number of hydrogen-bond donors (Lipinski definition) is 3. The van der Waals surface area contributed by atoms with Crippen LogP contribution in [0.4, 0.5) is 5.69 Å². The van der Waals surface area contributed by atoms with Crippen LogP contribution in [0, 0.1) is 0 Å². The Bertz CT molecular complexity index is 445. The van der Waals surface area contributed by atoms with Crippen LogP contribution < -0.4 is 10.4 Å². The number of carbonyl (C=O) groups excluding carboxylic acids is 1. The van der Waals surface area contributed by atoms with E-state index in [4.69, 9.17) is 16.7 Å². The van der Waals surface area contributed by atoms with Crippen molar-refractivity contribution >= 4 is 23.2 Å². The number of nitrogens with zero attached hydrogens (tertiary/aromatic N) is 1. The van der Waals surface area contributed by atoms with E-state index in [1.807, 2.05) is 0 Å². The van der Waals surface area contributed by atoms with Crippen molar-refractivity contribution in [2.45, 2.75) is 5.06 Å². The van der Waals surface area contributed by atoms with Crippen LogP contribution in [0.5, 0.6) is 0 Å². The highest BCUT2D eigenvalue weighted by atomic mass is 35.5. The molecule has 1 heterocycles. The minimum absolute atomic E-state index is 0.178. The van der Waals surface area contributed by atoms with Gasteiger partial charge in [-0.15, -0.1) is 0 Å². The van der Waals surface area contributed by atoms with Crippen molar-refractivity contribution in [1.29, 1.82) is 0 Å². The molecule has 1 fully saturated rings. The van der Waals surface area contributed by atoms with Crippen LogP contribution in [0.25, 0.3) is 0 Å². The number of rotatable bonds is 1. The summed E-state index contributed by atoms with van der Waals surface area (Å²) in [6.45, 7) is 0. The molecular weight excluding hydrogens is 232 g/mol. The van der Waals surface area contributed by atoms with Gasteiger partial charge >= 0.3 is 0 Å². The lowest BCUT2D eigenvalue weighted by Gasteiger charge is -2.15. The number of hydrazine groups is 1. The Morgan fingerprint density at radius 2 is 2.00 bits per heavy atom. The van der Waals surface area contributed by atoms with E-state index in [0.29, 0.717) is 11.9 Å². The van der Waals surface area contributed by atoms with Crippen LogP contribution in [-0.2, 0) is 4.79 Å². The summed E-state index contributed by atoms with van der Waals surface area (Å²) in [6, 6.07) is 8.59. The van der Waals surface area contributed by atoms with E-state index in [1.54, 1.807) is 30.3 Å². The molecule has 0 bridgehead atoms. The van der Waals surface area contributed by atoms with E-state index < -0.39 is 11.0 Å². The van der Waals surface area contributed by atoms with Gasteiger partial charge < -0.3 is 10.2 Å². The monoisotopic (exact) mass is 240 g/mol. The first-order valence-corrected chi connectivity index (χ1v) is 4.87. The van der Waals surface area contributed by atoms with Crippen molar-refractivity contribution in [3.63, 3.8) is 0 Å². The second-order valence-corrected chi connectivity index (χ2v) is 3.80. The largest absolute Gasteiger partial charge is 0.514 e. The summed E-state index contributed by atoms with van der Waals surface area (Å²) in [6.07, 6.45) is 0.563. The fourth-order valence-electron chi connectivity index (χ4n) is 1.38. The fourth-order valence-corrected chi connectivity index (χ4v) is 1.56. The number of alkyl halides is 1. The zero-order valence-electron chi connectivity index (χ0n) is 8.09. The Morgan fingerprint density at radius 3 is 2.50 bits per heavy atom. The van der Waals surface area contributed by atoms with Gasteiger partial charge in [0.05, 0.1) is 5.69 Å². The van der Waals surface area contributed by atoms with Gasteiger partial charge in [-0.2, -0.15) is 0 Å². The normalized spacial score (nSPS) is 27.2. The molecule has 1 aliphatic rings. The summed E-state index contributed by atoms with van der Waals surface area (Å²) in [5.41, 5.74) is 2.85. The van der Waals surface area contributed by atoms with Crippen LogP contribution in [0.1, 0.15) is 0 Å². The molecule has 16 heavy (non-hydrogen) atoms. The van der Waals surface area contributed by atoms with Gasteiger partial charge in [-0.3, -0.25) is 10.2 Å². The van der Waals surface area contributed by atoms with Gasteiger partial charge in [0.2, 0.25) is 0 Å². The maximum Gasteiger partial charge on any atom is 0.300 e. The van der Waals surface area contributed by atoms with Crippen molar-refractivity contribution in [2.75, 3.05) is 5.01 Å². The van der Waals surface area contributed by atoms with Crippen molar-refractivity contribution in [3.8, 4) is 0 Å². The molecule has 3 N–H and O–H groups in total. The number of aliphatic hydroxyl groups excluding tert-OH is 1. The molecule has 1 amide bonds. The summed E-state index contributed by atoms with van der Waals surface area (Å²) >= 11 is 5.60. The molecular formula is C10H9ClN2O3. The third-order valence-corrected chi connectivity index (χ3v) is 2.58. The molecule has 1 aliphatic heterocycles. The van der Waals surface area contributed by atoms with Crippen LogP contribution in [-0.4, -0.2) is 21.2 Å². The van der Waals surface area contributed by atoms with Crippen molar-refractivity contribution in [2.24, 2.45) is 0 Å². The Morgan fingerprint density at radius 1 is 1.38 bits per heavy atom. The number of para-hydroxylation sites is 1. The zero-order chi connectivity index (χ0) is 11.8. The molecule has 1 unspecified atom stereocenters. The topological polar surface area (TPSA) is 72.8 Å². The smallest absolute Gasteiger partial charge is 0.300 e. The Labute approximate surface area is 96.5 Å². The van der Waals surface area contributed by atoms with Crippen LogP contribution in [0.3, 0.4) is 0 Å². The predicted molar refractivity (Wildman–Crippen MR) is 58.6 cm³/mol. The summed E-state index contributed by atoms with van der Waals surface area (Å²) in [4.78, 5) is 11.7. The predicted octanol–water partition coefficient (Wildman–Crippen LogP) is 0.865. The lowest BCUT2D eigenvalue weighted by molar-refractivity contribution is -0.125. The maximum atomic E-state index is 11.7. The SMILES string of the molecule is O=C1N(c2ccccc2)N/C(=C\O)C1(O)Cl. The lowest BCUT2D eigenvalue weighted by Crippen LogP contribution is -2.37. The number of amides is 1. The highest BCUT2D eigenvalue weighted by molar-refractivity contribution is 6.38. The molecule has 0 aliphatic carbocycles. The molecule has 1 saturated heterocycles. The highest BCUT2D eigenvalue weighted by Crippen LogP contribution is 2.31. The van der Waals surface area contributed by atoms with Gasteiger partial charge in [-0.05, 0) is 12.1 Å². The number of carbonyl (C=O) groups is 1. The van der Waals surface area contributed by atoms with E-state index in [0.717, 1.165) is 5.01 Å². The van der Waals surface area contributed by atoms with E-state index in [-0.39, 0.29) is 5.70 Å². The summed E-state index contributed by atoms with van der Waals surface area (Å²) in [5, 5.41) is 17.3. The quantitative estimate of drug-likeness (QED) is 0.503. The molecule has 6 heteroatoms. The van der Waals surface area contributed by atoms with Gasteiger partial charge in [-0.25, -0.2) is 5.01 Å². The molecule has 1 atom stereocenters. The Hall–Kier alpha value is -1.72. The van der Waals surface area contributed by atoms with Gasteiger partial charge in [0.25, 0.3) is 11.0 Å². The van der Waals surface area contributed by atoms with Crippen LogP contribution in [0.2, 0.25) is 0 Å². The van der Waals surface area contributed by atoms with Gasteiger partial charge in [0.1, 0.15) is 12.0 Å². The third-order valence-electron chi connectivity index (χ3n) is 2.22. The van der Waals surface area contributed by atoms with E-state index in [2.05, 4.69) is 5.43 Å². The van der Waals surface area contributed by atoms with E-state index >= 15 is 0 Å². The Balaban J connectivity index is 2.38. The lowest BCUT2D eigenvalue weighted by atomic mass is 10.2. The number of nitrogens with one attached hydrogen (secondary N) is 1. The van der Waals surface area contributed by atoms with Crippen LogP contribution in [0.15, 0.2) is 42.3 Å². The van der Waals surface area contributed by atoms with Gasteiger partial charge in [-0.1, -0.05) is 29.8 Å². The molecule has 0 spiro atoms. The zero-order valence-corrected chi connectivity index (χ0v) is 8.85. The number of halogens is 1. The summed E-state index contributed by atoms with van der Waals surface area (Å²) in [7, 11) is 0. The van der Waals surface area contributed by atoms with E-state index in [1.165, 1.54) is 0 Å². The first-order chi connectivity index (χ1) is 7.57. The second-order valence-electron chi connectivity index (χ2n) is 3.25. The van der Waals surface area contributed by atoms with Crippen molar-refractivity contribution in [3.05, 3.63) is 42.3 Å². The van der Waals surface area contributed by atoms with Gasteiger partial charge in [0.15, 0.2) is 0 Å². The second kappa shape index (κ2) is 3.70. The molecule has 0 saturated carbocycles. The number of anilines is 1. The number of aliphatic hydroxyl groups is 2. The Kier molecular flexibility index (Phi) is 2.49. The molecule has 1 aromatic rings. The molecule has 5 nitrogen and oxygen atoms in total. The average molecular weight is 241 g/mol. The minimum Gasteiger partial charge on any atom is -0.514 e. The van der Waals surface area contributed by atoms with Crippen molar-refractivity contribution < 1.29 is 15.0 Å². The fraction of sp³-hybridized carbons (Fsp3) is 0.100. The molecule has 2 rings (SSSR count). The maximum absolute atomic E-state index is 11.7. The van der Waals surface area contributed by atoms with E-state index in [9.17, 15) is 9.90 Å².